The number of amides is 1. The van der Waals surface area contributed by atoms with Crippen LogP contribution in [0.25, 0.3) is 0 Å². The zero-order chi connectivity index (χ0) is 13.8. The Morgan fingerprint density at radius 2 is 2.06 bits per heavy atom. The molecule has 0 spiro atoms. The van der Waals surface area contributed by atoms with Crippen LogP contribution in [-0.4, -0.2) is 34.1 Å². The maximum absolute atomic E-state index is 12.0. The van der Waals surface area contributed by atoms with Crippen LogP contribution in [-0.2, 0) is 4.79 Å². The molecule has 0 aromatic carbocycles. The number of carbonyl (C=O) groups is 2. The molecular formula is C12H17N3O3. The predicted molar refractivity (Wildman–Crippen MR) is 67.6 cm³/mol. The normalized spacial score (nSPS) is 11.1. The summed E-state index contributed by atoms with van der Waals surface area (Å²) in [5, 5.41) is 14.5. The van der Waals surface area contributed by atoms with Gasteiger partial charge in [-0.2, -0.15) is 0 Å². The van der Waals surface area contributed by atoms with Crippen LogP contribution in [0.15, 0.2) is 18.5 Å². The van der Waals surface area contributed by atoms with E-state index in [1.807, 2.05) is 6.92 Å². The number of rotatable bonds is 5. The zero-order valence-electron chi connectivity index (χ0n) is 10.7. The molecule has 0 atom stereocenters. The van der Waals surface area contributed by atoms with Gasteiger partial charge >= 0.3 is 5.97 Å². The van der Waals surface area contributed by atoms with Gasteiger partial charge in [-0.05, 0) is 26.5 Å². The van der Waals surface area contributed by atoms with E-state index in [0.29, 0.717) is 12.2 Å². The molecule has 0 saturated carbocycles. The number of pyridine rings is 1. The first-order valence-corrected chi connectivity index (χ1v) is 5.61. The number of hydrogen-bond donors (Lipinski definition) is 3. The second-order valence-corrected chi connectivity index (χ2v) is 4.38. The number of aromatic nitrogens is 1. The lowest BCUT2D eigenvalue weighted by molar-refractivity contribution is -0.121. The highest BCUT2D eigenvalue weighted by Gasteiger charge is 2.26. The molecule has 1 heterocycles. The van der Waals surface area contributed by atoms with Gasteiger partial charge in [0, 0.05) is 6.20 Å². The third kappa shape index (κ3) is 3.53. The fourth-order valence-electron chi connectivity index (χ4n) is 1.43. The number of carboxylic acids is 1. The summed E-state index contributed by atoms with van der Waals surface area (Å²) < 4.78 is 0. The van der Waals surface area contributed by atoms with Crippen molar-refractivity contribution in [2.75, 3.05) is 11.9 Å². The monoisotopic (exact) mass is 251 g/mol. The third-order valence-corrected chi connectivity index (χ3v) is 2.43. The first-order valence-electron chi connectivity index (χ1n) is 5.61. The first-order chi connectivity index (χ1) is 8.36. The minimum atomic E-state index is -1.08. The fraction of sp³-hybridized carbons (Fsp3) is 0.417. The standard InChI is InChI=1S/C12H17N3O3/c1-4-14-12(2,3)11(18)15-9-5-8(10(16)17)6-13-7-9/h5-7,14H,4H2,1-3H3,(H,15,18)(H,16,17). The molecule has 6 nitrogen and oxygen atoms in total. The van der Waals surface area contributed by atoms with E-state index in [9.17, 15) is 9.59 Å². The highest BCUT2D eigenvalue weighted by Crippen LogP contribution is 2.11. The summed E-state index contributed by atoms with van der Waals surface area (Å²) in [5.41, 5.74) is -0.325. The maximum Gasteiger partial charge on any atom is 0.337 e. The zero-order valence-corrected chi connectivity index (χ0v) is 10.7. The quantitative estimate of drug-likeness (QED) is 0.729. The van der Waals surface area contributed by atoms with Crippen molar-refractivity contribution >= 4 is 17.6 Å². The lowest BCUT2D eigenvalue weighted by Crippen LogP contribution is -2.49. The molecule has 1 amide bonds. The van der Waals surface area contributed by atoms with Gasteiger partial charge in [-0.1, -0.05) is 6.92 Å². The molecule has 6 heteroatoms. The van der Waals surface area contributed by atoms with E-state index in [1.165, 1.54) is 18.5 Å². The van der Waals surface area contributed by atoms with Crippen LogP contribution in [0, 0.1) is 0 Å². The number of anilines is 1. The summed E-state index contributed by atoms with van der Waals surface area (Å²) in [6.45, 7) is 6.07. The maximum atomic E-state index is 12.0. The number of nitrogens with zero attached hydrogens (tertiary/aromatic N) is 1. The number of aromatic carboxylic acids is 1. The second kappa shape index (κ2) is 5.59. The lowest BCUT2D eigenvalue weighted by atomic mass is 10.0. The van der Waals surface area contributed by atoms with Crippen molar-refractivity contribution in [2.45, 2.75) is 26.3 Å². The molecule has 1 aromatic heterocycles. The highest BCUT2D eigenvalue weighted by atomic mass is 16.4. The molecule has 0 aliphatic heterocycles. The van der Waals surface area contributed by atoms with Crippen LogP contribution >= 0.6 is 0 Å². The van der Waals surface area contributed by atoms with Crippen molar-refractivity contribution in [3.63, 3.8) is 0 Å². The van der Waals surface area contributed by atoms with Crippen LogP contribution in [0.1, 0.15) is 31.1 Å². The van der Waals surface area contributed by atoms with Crippen molar-refractivity contribution in [1.82, 2.24) is 10.3 Å². The highest BCUT2D eigenvalue weighted by molar-refractivity contribution is 5.98. The molecule has 0 aliphatic carbocycles. The van der Waals surface area contributed by atoms with Gasteiger partial charge in [0.2, 0.25) is 5.91 Å². The minimum Gasteiger partial charge on any atom is -0.478 e. The smallest absolute Gasteiger partial charge is 0.337 e. The van der Waals surface area contributed by atoms with Gasteiger partial charge in [0.25, 0.3) is 0 Å². The minimum absolute atomic E-state index is 0.0362. The van der Waals surface area contributed by atoms with Gasteiger partial charge in [-0.3, -0.25) is 9.78 Å². The van der Waals surface area contributed by atoms with E-state index in [1.54, 1.807) is 13.8 Å². The van der Waals surface area contributed by atoms with E-state index in [2.05, 4.69) is 15.6 Å². The summed E-state index contributed by atoms with van der Waals surface area (Å²) in [4.78, 5) is 26.5. The Labute approximate surface area is 105 Å². The molecule has 0 radical (unpaired) electrons. The summed E-state index contributed by atoms with van der Waals surface area (Å²) in [7, 11) is 0. The molecule has 0 fully saturated rings. The van der Waals surface area contributed by atoms with Gasteiger partial charge in [0.15, 0.2) is 0 Å². The number of hydrogen-bond acceptors (Lipinski definition) is 4. The van der Waals surface area contributed by atoms with Gasteiger partial charge in [0.05, 0.1) is 23.0 Å². The molecular weight excluding hydrogens is 234 g/mol. The fourth-order valence-corrected chi connectivity index (χ4v) is 1.43. The Morgan fingerprint density at radius 3 is 2.61 bits per heavy atom. The van der Waals surface area contributed by atoms with E-state index in [0.717, 1.165) is 0 Å². The van der Waals surface area contributed by atoms with Crippen molar-refractivity contribution in [3.8, 4) is 0 Å². The Kier molecular flexibility index (Phi) is 4.38. The third-order valence-electron chi connectivity index (χ3n) is 2.43. The van der Waals surface area contributed by atoms with E-state index >= 15 is 0 Å². The van der Waals surface area contributed by atoms with Crippen LogP contribution in [0.4, 0.5) is 5.69 Å². The molecule has 0 aliphatic rings. The van der Waals surface area contributed by atoms with Gasteiger partial charge < -0.3 is 15.7 Å². The Balaban J connectivity index is 2.82. The summed E-state index contributed by atoms with van der Waals surface area (Å²) >= 11 is 0. The largest absolute Gasteiger partial charge is 0.478 e. The molecule has 0 unspecified atom stereocenters. The number of likely N-dealkylation sites (N-methyl/N-ethyl adjacent to an activating group) is 1. The van der Waals surface area contributed by atoms with Crippen LogP contribution < -0.4 is 10.6 Å². The van der Waals surface area contributed by atoms with Gasteiger partial charge in [-0.25, -0.2) is 4.79 Å². The SMILES string of the molecule is CCNC(C)(C)C(=O)Nc1cncc(C(=O)O)c1. The van der Waals surface area contributed by atoms with Crippen molar-refractivity contribution in [1.29, 1.82) is 0 Å². The Hall–Kier alpha value is -1.95. The molecule has 98 valence electrons. The van der Waals surface area contributed by atoms with Gasteiger partial charge in [-0.15, -0.1) is 0 Å². The average Bonchev–Trinajstić information content (AvgIpc) is 2.29. The predicted octanol–water partition coefficient (Wildman–Crippen LogP) is 1.11. The van der Waals surface area contributed by atoms with Crippen LogP contribution in [0.3, 0.4) is 0 Å². The first kappa shape index (κ1) is 14.1. The van der Waals surface area contributed by atoms with E-state index < -0.39 is 11.5 Å². The van der Waals surface area contributed by atoms with Crippen molar-refractivity contribution in [2.24, 2.45) is 0 Å². The van der Waals surface area contributed by atoms with E-state index in [4.69, 9.17) is 5.11 Å². The number of carbonyl (C=O) groups excluding carboxylic acids is 1. The lowest BCUT2D eigenvalue weighted by Gasteiger charge is -2.24. The molecule has 1 aromatic rings. The van der Waals surface area contributed by atoms with Crippen molar-refractivity contribution in [3.05, 3.63) is 24.0 Å². The van der Waals surface area contributed by atoms with Gasteiger partial charge in [0.1, 0.15) is 0 Å². The summed E-state index contributed by atoms with van der Waals surface area (Å²) in [6, 6.07) is 1.37. The topological polar surface area (TPSA) is 91.3 Å². The van der Waals surface area contributed by atoms with Crippen LogP contribution in [0.5, 0.6) is 0 Å². The Bertz CT molecular complexity index is 458. The molecule has 0 saturated heterocycles. The molecule has 1 rings (SSSR count). The second-order valence-electron chi connectivity index (χ2n) is 4.38. The number of carboxylic acid groups (broad SMARTS) is 1. The number of nitrogens with one attached hydrogen (secondary N) is 2. The van der Waals surface area contributed by atoms with Crippen LogP contribution in [0.2, 0.25) is 0 Å². The van der Waals surface area contributed by atoms with Crippen molar-refractivity contribution < 1.29 is 14.7 Å². The average molecular weight is 251 g/mol. The Morgan fingerprint density at radius 1 is 1.39 bits per heavy atom. The summed E-state index contributed by atoms with van der Waals surface area (Å²) in [5.74, 6) is -1.32. The summed E-state index contributed by atoms with van der Waals surface area (Å²) in [6.07, 6.45) is 2.64. The van der Waals surface area contributed by atoms with E-state index in [-0.39, 0.29) is 11.5 Å². The molecule has 3 N–H and O–H groups in total. The molecule has 0 bridgehead atoms. The molecule has 18 heavy (non-hydrogen) atoms.